The summed E-state index contributed by atoms with van der Waals surface area (Å²) in [6.07, 6.45) is 0. The molecule has 3 rings (SSSR count). The largest absolute Gasteiger partial charge is 0.454 e. The minimum absolute atomic E-state index is 0.0404. The van der Waals surface area contributed by atoms with E-state index in [0.29, 0.717) is 11.3 Å². The zero-order chi connectivity index (χ0) is 24.2. The number of ether oxygens (including phenoxy) is 1. The van der Waals surface area contributed by atoms with Gasteiger partial charge in [-0.2, -0.15) is 0 Å². The van der Waals surface area contributed by atoms with Crippen molar-refractivity contribution in [1.82, 2.24) is 0 Å². The van der Waals surface area contributed by atoms with Crippen LogP contribution in [0.5, 0.6) is 0 Å². The minimum Gasteiger partial charge on any atom is -0.454 e. The van der Waals surface area contributed by atoms with Crippen LogP contribution in [0.15, 0.2) is 71.6 Å². The topological polar surface area (TPSA) is 133 Å². The lowest BCUT2D eigenvalue weighted by Crippen LogP contribution is -2.17. The molecule has 10 heteroatoms. The summed E-state index contributed by atoms with van der Waals surface area (Å²) in [5.74, 6) is -1.43. The first-order valence-corrected chi connectivity index (χ1v) is 11.2. The summed E-state index contributed by atoms with van der Waals surface area (Å²) in [6.45, 7) is 2.87. The van der Waals surface area contributed by atoms with Crippen LogP contribution in [-0.2, 0) is 14.8 Å². The van der Waals surface area contributed by atoms with Crippen LogP contribution in [0.1, 0.15) is 31.8 Å². The molecule has 0 fully saturated rings. The first-order valence-electron chi connectivity index (χ1n) is 9.72. The van der Waals surface area contributed by atoms with Gasteiger partial charge in [0.1, 0.15) is 0 Å². The highest BCUT2D eigenvalue weighted by Gasteiger charge is 2.21. The molecule has 0 unspecified atom stereocenters. The van der Waals surface area contributed by atoms with Crippen LogP contribution in [0.4, 0.5) is 11.4 Å². The lowest BCUT2D eigenvalue weighted by molar-refractivity contribution is -0.384. The lowest BCUT2D eigenvalue weighted by atomic mass is 10.1. The highest BCUT2D eigenvalue weighted by atomic mass is 32.2. The maximum absolute atomic E-state index is 12.8. The molecule has 170 valence electrons. The first-order chi connectivity index (χ1) is 15.6. The number of hydrogen-bond acceptors (Lipinski definition) is 7. The molecule has 3 aromatic rings. The molecular weight excluding hydrogens is 448 g/mol. The molecule has 0 spiro atoms. The van der Waals surface area contributed by atoms with Crippen LogP contribution in [0.25, 0.3) is 0 Å². The predicted octanol–water partition coefficient (Wildman–Crippen LogP) is 4.05. The Bertz CT molecular complexity index is 1320. The van der Waals surface area contributed by atoms with Gasteiger partial charge in [-0.05, 0) is 55.8 Å². The van der Waals surface area contributed by atoms with Gasteiger partial charge in [0, 0.05) is 23.4 Å². The number of Topliss-reactive ketones (excluding diaryl/α,β-unsaturated/α-hetero) is 1. The number of nitro benzene ring substituents is 1. The van der Waals surface area contributed by atoms with E-state index in [-0.39, 0.29) is 21.7 Å². The number of rotatable bonds is 8. The zero-order valence-electron chi connectivity index (χ0n) is 17.8. The van der Waals surface area contributed by atoms with Gasteiger partial charge in [0.2, 0.25) is 0 Å². The molecule has 0 saturated carbocycles. The summed E-state index contributed by atoms with van der Waals surface area (Å²) in [7, 11) is -3.98. The van der Waals surface area contributed by atoms with Crippen molar-refractivity contribution in [3.8, 4) is 0 Å². The highest BCUT2D eigenvalue weighted by molar-refractivity contribution is 7.92. The fourth-order valence-corrected chi connectivity index (χ4v) is 4.25. The third-order valence-electron chi connectivity index (χ3n) is 4.75. The number of benzene rings is 3. The van der Waals surface area contributed by atoms with E-state index in [1.807, 2.05) is 6.92 Å². The summed E-state index contributed by atoms with van der Waals surface area (Å²) in [6, 6.07) is 15.7. The van der Waals surface area contributed by atoms with Crippen LogP contribution >= 0.6 is 0 Å². The van der Waals surface area contributed by atoms with E-state index in [9.17, 15) is 28.1 Å². The van der Waals surface area contributed by atoms with Gasteiger partial charge in [-0.1, -0.05) is 23.8 Å². The van der Waals surface area contributed by atoms with Crippen LogP contribution in [-0.4, -0.2) is 31.7 Å². The zero-order valence-corrected chi connectivity index (χ0v) is 18.6. The van der Waals surface area contributed by atoms with Gasteiger partial charge >= 0.3 is 5.97 Å². The Kier molecular flexibility index (Phi) is 6.88. The Balaban J connectivity index is 1.72. The predicted molar refractivity (Wildman–Crippen MR) is 121 cm³/mol. The summed E-state index contributed by atoms with van der Waals surface area (Å²) in [5.41, 5.74) is 1.71. The van der Waals surface area contributed by atoms with Crippen molar-refractivity contribution in [2.75, 3.05) is 11.3 Å². The second-order valence-corrected chi connectivity index (χ2v) is 8.91. The van der Waals surface area contributed by atoms with Crippen molar-refractivity contribution in [1.29, 1.82) is 0 Å². The fourth-order valence-electron chi connectivity index (χ4n) is 2.92. The van der Waals surface area contributed by atoms with Crippen molar-refractivity contribution in [3.63, 3.8) is 0 Å². The molecule has 9 nitrogen and oxygen atoms in total. The number of nitrogens with zero attached hydrogens (tertiary/aromatic N) is 1. The Morgan fingerprint density at radius 2 is 1.55 bits per heavy atom. The van der Waals surface area contributed by atoms with Crippen molar-refractivity contribution < 1.29 is 27.7 Å². The Hall–Kier alpha value is -4.05. The molecule has 0 aliphatic rings. The van der Waals surface area contributed by atoms with Gasteiger partial charge < -0.3 is 4.74 Å². The van der Waals surface area contributed by atoms with Crippen molar-refractivity contribution in [2.24, 2.45) is 0 Å². The van der Waals surface area contributed by atoms with Crippen molar-refractivity contribution in [2.45, 2.75) is 18.7 Å². The number of anilines is 1. The first kappa shape index (κ1) is 23.6. The molecule has 0 aliphatic carbocycles. The van der Waals surface area contributed by atoms with Crippen molar-refractivity contribution >= 4 is 33.2 Å². The number of esters is 1. The fraction of sp³-hybridized carbons (Fsp3) is 0.130. The molecule has 0 atom stereocenters. The van der Waals surface area contributed by atoms with Gasteiger partial charge in [0.05, 0.1) is 15.4 Å². The summed E-state index contributed by atoms with van der Waals surface area (Å²) in [4.78, 5) is 34.7. The Labute approximate surface area is 190 Å². The number of hydrogen-bond donors (Lipinski definition) is 1. The van der Waals surface area contributed by atoms with Crippen molar-refractivity contribution in [3.05, 3.63) is 99.1 Å². The molecule has 0 saturated heterocycles. The standard InChI is InChI=1S/C23H20N2O7S/c1-15-3-9-19(10-4-15)24-33(30,31)22-13-18(6-5-16(22)2)23(27)32-14-21(26)17-7-11-20(12-8-17)25(28)29/h3-13,24H,14H2,1-2H3. The third kappa shape index (κ3) is 5.80. The molecule has 0 amide bonds. The smallest absolute Gasteiger partial charge is 0.338 e. The average molecular weight is 468 g/mol. The van der Waals surface area contributed by atoms with E-state index >= 15 is 0 Å². The van der Waals surface area contributed by atoms with Crippen LogP contribution < -0.4 is 4.72 Å². The second-order valence-electron chi connectivity index (χ2n) is 7.26. The number of ketones is 1. The van der Waals surface area contributed by atoms with E-state index in [2.05, 4.69) is 4.72 Å². The number of sulfonamides is 1. The molecule has 0 aliphatic heterocycles. The minimum atomic E-state index is -3.98. The average Bonchev–Trinajstić information content (AvgIpc) is 2.78. The Morgan fingerprint density at radius 3 is 2.15 bits per heavy atom. The second kappa shape index (κ2) is 9.61. The highest BCUT2D eigenvalue weighted by Crippen LogP contribution is 2.22. The molecule has 33 heavy (non-hydrogen) atoms. The van der Waals surface area contributed by atoms with E-state index in [4.69, 9.17) is 4.74 Å². The monoisotopic (exact) mass is 468 g/mol. The number of aryl methyl sites for hydroxylation is 2. The number of carbonyl (C=O) groups is 2. The summed E-state index contributed by atoms with van der Waals surface area (Å²) < 4.78 is 33.2. The molecule has 0 radical (unpaired) electrons. The quantitative estimate of drug-likeness (QED) is 0.228. The number of nitrogens with one attached hydrogen (secondary N) is 1. The maximum Gasteiger partial charge on any atom is 0.338 e. The van der Waals surface area contributed by atoms with Gasteiger partial charge in [-0.3, -0.25) is 19.6 Å². The van der Waals surface area contributed by atoms with Gasteiger partial charge in [-0.25, -0.2) is 13.2 Å². The number of carbonyl (C=O) groups excluding carboxylic acids is 2. The van der Waals surface area contributed by atoms with E-state index in [1.54, 1.807) is 31.2 Å². The molecule has 3 aromatic carbocycles. The van der Waals surface area contributed by atoms with Crippen LogP contribution in [0.3, 0.4) is 0 Å². The Morgan fingerprint density at radius 1 is 0.939 bits per heavy atom. The van der Waals surface area contributed by atoms with E-state index < -0.39 is 33.3 Å². The van der Waals surface area contributed by atoms with Gasteiger partial charge in [-0.15, -0.1) is 0 Å². The molecule has 0 bridgehead atoms. The maximum atomic E-state index is 12.8. The van der Waals surface area contributed by atoms with Gasteiger partial charge in [0.15, 0.2) is 12.4 Å². The van der Waals surface area contributed by atoms with Gasteiger partial charge in [0.25, 0.3) is 15.7 Å². The van der Waals surface area contributed by atoms with E-state index in [1.165, 1.54) is 42.5 Å². The third-order valence-corrected chi connectivity index (χ3v) is 6.27. The molecule has 0 aromatic heterocycles. The van der Waals surface area contributed by atoms with E-state index in [0.717, 1.165) is 5.56 Å². The number of nitro groups is 1. The SMILES string of the molecule is Cc1ccc(NS(=O)(=O)c2cc(C(=O)OCC(=O)c3ccc([N+](=O)[O-])cc3)ccc2C)cc1. The summed E-state index contributed by atoms with van der Waals surface area (Å²) >= 11 is 0. The number of non-ortho nitro benzene ring substituents is 1. The molecular formula is C23H20N2O7S. The molecule has 0 heterocycles. The molecule has 1 N–H and O–H groups in total. The van der Waals surface area contributed by atoms with Crippen LogP contribution in [0, 0.1) is 24.0 Å². The summed E-state index contributed by atoms with van der Waals surface area (Å²) in [5, 5.41) is 10.7. The van der Waals surface area contributed by atoms with Crippen LogP contribution in [0.2, 0.25) is 0 Å². The lowest BCUT2D eigenvalue weighted by Gasteiger charge is -2.12. The normalized spacial score (nSPS) is 11.0.